The highest BCUT2D eigenvalue weighted by Crippen LogP contribution is 2.28. The van der Waals surface area contributed by atoms with Crippen LogP contribution in [0.25, 0.3) is 0 Å². The third-order valence-corrected chi connectivity index (χ3v) is 4.35. The van der Waals surface area contributed by atoms with E-state index in [1.807, 2.05) is 6.92 Å². The highest BCUT2D eigenvalue weighted by molar-refractivity contribution is 7.89. The maximum atomic E-state index is 12.0. The van der Waals surface area contributed by atoms with Crippen LogP contribution in [0.1, 0.15) is 25.3 Å². The predicted octanol–water partition coefficient (Wildman–Crippen LogP) is 0.788. The lowest BCUT2D eigenvalue weighted by Gasteiger charge is -2.23. The van der Waals surface area contributed by atoms with Crippen molar-refractivity contribution in [3.05, 3.63) is 23.8 Å². The van der Waals surface area contributed by atoms with E-state index in [-0.39, 0.29) is 17.9 Å². The Morgan fingerprint density at radius 3 is 2.82 bits per heavy atom. The lowest BCUT2D eigenvalue weighted by molar-refractivity contribution is -0.151. The van der Waals surface area contributed by atoms with Crippen LogP contribution in [0.2, 0.25) is 0 Å². The summed E-state index contributed by atoms with van der Waals surface area (Å²) in [6.07, 6.45) is 1.81. The highest BCUT2D eigenvalue weighted by atomic mass is 32.2. The summed E-state index contributed by atoms with van der Waals surface area (Å²) in [7, 11) is -3.84. The molecule has 22 heavy (non-hydrogen) atoms. The Morgan fingerprint density at radius 2 is 2.18 bits per heavy atom. The zero-order valence-corrected chi connectivity index (χ0v) is 13.0. The number of nitrogens with one attached hydrogen (secondary N) is 1. The van der Waals surface area contributed by atoms with Crippen molar-refractivity contribution in [3.8, 4) is 0 Å². The largest absolute Gasteiger partial charge is 0.465 e. The maximum absolute atomic E-state index is 12.0. The molecule has 120 valence electrons. The van der Waals surface area contributed by atoms with Crippen LogP contribution in [-0.2, 0) is 30.8 Å². The number of ether oxygens (including phenoxy) is 1. The van der Waals surface area contributed by atoms with Gasteiger partial charge in [-0.25, -0.2) is 13.6 Å². The van der Waals surface area contributed by atoms with E-state index < -0.39 is 27.8 Å². The number of sulfonamides is 1. The number of unbranched alkanes of at least 4 members (excludes halogenated alkanes) is 1. The van der Waals surface area contributed by atoms with E-state index in [1.165, 1.54) is 12.1 Å². The van der Waals surface area contributed by atoms with Gasteiger partial charge >= 0.3 is 5.97 Å². The normalized spacial score (nSPS) is 17.5. The van der Waals surface area contributed by atoms with Gasteiger partial charge in [0, 0.05) is 5.69 Å². The first-order chi connectivity index (χ1) is 10.3. The van der Waals surface area contributed by atoms with E-state index in [2.05, 4.69) is 5.32 Å². The van der Waals surface area contributed by atoms with E-state index in [0.29, 0.717) is 11.3 Å². The van der Waals surface area contributed by atoms with Gasteiger partial charge in [-0.3, -0.25) is 9.59 Å². The lowest BCUT2D eigenvalue weighted by atomic mass is 9.93. The van der Waals surface area contributed by atoms with Crippen molar-refractivity contribution in [2.75, 3.05) is 11.9 Å². The molecule has 0 saturated heterocycles. The monoisotopic (exact) mass is 326 g/mol. The van der Waals surface area contributed by atoms with E-state index in [9.17, 15) is 18.0 Å². The van der Waals surface area contributed by atoms with Gasteiger partial charge in [0.1, 0.15) is 5.92 Å². The third kappa shape index (κ3) is 3.63. The van der Waals surface area contributed by atoms with Crippen LogP contribution in [0, 0.1) is 5.92 Å². The SMILES string of the molecule is CCCCOC(=O)C1Cc2ccc(S(N)(=O)=O)cc2NC1=O. The number of amides is 1. The Hall–Kier alpha value is -1.93. The van der Waals surface area contributed by atoms with Gasteiger partial charge in [0.05, 0.1) is 11.5 Å². The molecule has 1 unspecified atom stereocenters. The molecule has 0 aliphatic carbocycles. The fourth-order valence-corrected chi connectivity index (χ4v) is 2.71. The van der Waals surface area contributed by atoms with Gasteiger partial charge in [-0.2, -0.15) is 0 Å². The van der Waals surface area contributed by atoms with Crippen LogP contribution in [0.5, 0.6) is 0 Å². The molecule has 0 fully saturated rings. The minimum absolute atomic E-state index is 0.0875. The van der Waals surface area contributed by atoms with E-state index in [1.54, 1.807) is 6.07 Å². The van der Waals surface area contributed by atoms with Crippen molar-refractivity contribution in [2.45, 2.75) is 31.1 Å². The van der Waals surface area contributed by atoms with E-state index >= 15 is 0 Å². The number of carbonyl (C=O) groups is 2. The van der Waals surface area contributed by atoms with Crippen LogP contribution in [0.3, 0.4) is 0 Å². The standard InChI is InChI=1S/C14H18N2O5S/c1-2-3-6-21-14(18)11-7-9-4-5-10(22(15,19)20)8-12(9)16-13(11)17/h4-5,8,11H,2-3,6-7H2,1H3,(H,16,17)(H2,15,19,20). The summed E-state index contributed by atoms with van der Waals surface area (Å²) in [5.41, 5.74) is 1.03. The molecule has 1 aromatic rings. The number of rotatable bonds is 5. The molecular formula is C14H18N2O5S. The summed E-state index contributed by atoms with van der Waals surface area (Å²) in [5.74, 6) is -1.97. The third-order valence-electron chi connectivity index (χ3n) is 3.43. The Bertz CT molecular complexity index is 699. The quantitative estimate of drug-likeness (QED) is 0.471. The van der Waals surface area contributed by atoms with Crippen LogP contribution >= 0.6 is 0 Å². The van der Waals surface area contributed by atoms with Crippen molar-refractivity contribution >= 4 is 27.6 Å². The van der Waals surface area contributed by atoms with Gasteiger partial charge < -0.3 is 10.1 Å². The van der Waals surface area contributed by atoms with Crippen molar-refractivity contribution in [3.63, 3.8) is 0 Å². The second-order valence-electron chi connectivity index (χ2n) is 5.13. The van der Waals surface area contributed by atoms with E-state index in [4.69, 9.17) is 9.88 Å². The Kier molecular flexibility index (Phi) is 4.82. The Labute approximate surface area is 128 Å². The van der Waals surface area contributed by atoms with Gasteiger partial charge in [0.15, 0.2) is 0 Å². The van der Waals surface area contributed by atoms with Gasteiger partial charge in [-0.1, -0.05) is 19.4 Å². The second-order valence-corrected chi connectivity index (χ2v) is 6.69. The van der Waals surface area contributed by atoms with Gasteiger partial charge in [0.25, 0.3) is 0 Å². The summed E-state index contributed by atoms with van der Waals surface area (Å²) in [6, 6.07) is 4.19. The molecule has 1 amide bonds. The molecule has 1 atom stereocenters. The van der Waals surface area contributed by atoms with Gasteiger partial charge in [-0.15, -0.1) is 0 Å². The first-order valence-electron chi connectivity index (χ1n) is 6.96. The average molecular weight is 326 g/mol. The minimum atomic E-state index is -3.84. The predicted molar refractivity (Wildman–Crippen MR) is 79.5 cm³/mol. The molecule has 1 heterocycles. The van der Waals surface area contributed by atoms with E-state index in [0.717, 1.165) is 12.8 Å². The van der Waals surface area contributed by atoms with Crippen molar-refractivity contribution in [2.24, 2.45) is 11.1 Å². The minimum Gasteiger partial charge on any atom is -0.465 e. The topological polar surface area (TPSA) is 116 Å². The van der Waals surface area contributed by atoms with Crippen LogP contribution in [-0.4, -0.2) is 26.9 Å². The maximum Gasteiger partial charge on any atom is 0.318 e. The summed E-state index contributed by atoms with van der Waals surface area (Å²) < 4.78 is 27.7. The average Bonchev–Trinajstić information content (AvgIpc) is 2.45. The number of benzene rings is 1. The molecule has 0 bridgehead atoms. The number of fused-ring (bicyclic) bond motifs is 1. The summed E-state index contributed by atoms with van der Waals surface area (Å²) >= 11 is 0. The Morgan fingerprint density at radius 1 is 1.45 bits per heavy atom. The zero-order valence-electron chi connectivity index (χ0n) is 12.2. The molecular weight excluding hydrogens is 308 g/mol. The fraction of sp³-hybridized carbons (Fsp3) is 0.429. The molecule has 0 aromatic heterocycles. The van der Waals surface area contributed by atoms with Gasteiger partial charge in [0.2, 0.25) is 15.9 Å². The first kappa shape index (κ1) is 16.4. The molecule has 8 heteroatoms. The molecule has 7 nitrogen and oxygen atoms in total. The van der Waals surface area contributed by atoms with Crippen LogP contribution in [0.4, 0.5) is 5.69 Å². The number of hydrogen-bond donors (Lipinski definition) is 2. The Balaban J connectivity index is 2.17. The zero-order chi connectivity index (χ0) is 16.3. The van der Waals surface area contributed by atoms with Crippen molar-refractivity contribution in [1.29, 1.82) is 0 Å². The molecule has 2 rings (SSSR count). The molecule has 1 aliphatic rings. The fourth-order valence-electron chi connectivity index (χ4n) is 2.17. The summed E-state index contributed by atoms with van der Waals surface area (Å²) in [4.78, 5) is 23.8. The van der Waals surface area contributed by atoms with Crippen molar-refractivity contribution in [1.82, 2.24) is 0 Å². The summed E-state index contributed by atoms with van der Waals surface area (Å²) in [5, 5.41) is 7.59. The molecule has 3 N–H and O–H groups in total. The number of esters is 1. The number of carbonyl (C=O) groups excluding carboxylic acids is 2. The highest BCUT2D eigenvalue weighted by Gasteiger charge is 2.33. The molecule has 1 aromatic carbocycles. The molecule has 0 radical (unpaired) electrons. The number of hydrogen-bond acceptors (Lipinski definition) is 5. The van der Waals surface area contributed by atoms with Gasteiger partial charge in [-0.05, 0) is 30.5 Å². The number of nitrogens with two attached hydrogens (primary N) is 1. The molecule has 1 aliphatic heterocycles. The molecule has 0 saturated carbocycles. The van der Waals surface area contributed by atoms with Crippen LogP contribution in [0.15, 0.2) is 23.1 Å². The number of anilines is 1. The smallest absolute Gasteiger partial charge is 0.318 e. The van der Waals surface area contributed by atoms with Crippen molar-refractivity contribution < 1.29 is 22.7 Å². The second kappa shape index (κ2) is 6.45. The molecule has 0 spiro atoms. The first-order valence-corrected chi connectivity index (χ1v) is 8.50. The summed E-state index contributed by atoms with van der Waals surface area (Å²) in [6.45, 7) is 2.26. The number of primary sulfonamides is 1. The lowest BCUT2D eigenvalue weighted by Crippen LogP contribution is -2.36. The van der Waals surface area contributed by atoms with Crippen LogP contribution < -0.4 is 10.5 Å².